The number of tetrazole rings is 1. The largest absolute Gasteiger partial charge is 0.300 e. The number of rotatable bonds is 7. The summed E-state index contributed by atoms with van der Waals surface area (Å²) >= 11 is 3.40. The molecule has 0 unspecified atom stereocenters. The highest BCUT2D eigenvalue weighted by Gasteiger charge is 2.17. The average molecular weight is 351 g/mol. The lowest BCUT2D eigenvalue weighted by atomic mass is 10.1. The second kappa shape index (κ2) is 7.45. The van der Waals surface area contributed by atoms with Crippen molar-refractivity contribution < 1.29 is 4.79 Å². The molecule has 0 saturated carbocycles. The van der Waals surface area contributed by atoms with Crippen molar-refractivity contribution in [1.29, 1.82) is 0 Å². The molecule has 0 aliphatic rings. The summed E-state index contributed by atoms with van der Waals surface area (Å²) in [6.45, 7) is 3.73. The molecule has 112 valence electrons. The van der Waals surface area contributed by atoms with E-state index in [4.69, 9.17) is 0 Å². The minimum absolute atomic E-state index is 0.000789. The van der Waals surface area contributed by atoms with Gasteiger partial charge in [-0.15, -0.1) is 10.2 Å². The fourth-order valence-corrected chi connectivity index (χ4v) is 2.43. The highest BCUT2D eigenvalue weighted by atomic mass is 79.9. The highest BCUT2D eigenvalue weighted by Crippen LogP contribution is 2.21. The predicted molar refractivity (Wildman–Crippen MR) is 84.8 cm³/mol. The van der Waals surface area contributed by atoms with Crippen LogP contribution in [-0.2, 0) is 4.79 Å². The molecular weight excluding hydrogens is 332 g/mol. The number of hydrogen-bond donors (Lipinski definition) is 0. The monoisotopic (exact) mass is 350 g/mol. The van der Waals surface area contributed by atoms with Gasteiger partial charge >= 0.3 is 0 Å². The maximum Gasteiger partial charge on any atom is 0.204 e. The molecule has 0 amide bonds. The zero-order valence-electron chi connectivity index (χ0n) is 12.3. The van der Waals surface area contributed by atoms with Crippen LogP contribution in [0, 0.1) is 0 Å². The number of hydrogen-bond acceptors (Lipinski definition) is 4. The first-order valence-corrected chi connectivity index (χ1v) is 7.94. The third-order valence-corrected chi connectivity index (χ3v) is 3.80. The molecule has 5 nitrogen and oxygen atoms in total. The van der Waals surface area contributed by atoms with Crippen molar-refractivity contribution in [2.45, 2.75) is 45.6 Å². The van der Waals surface area contributed by atoms with Crippen molar-refractivity contribution in [2.24, 2.45) is 0 Å². The summed E-state index contributed by atoms with van der Waals surface area (Å²) in [6, 6.07) is 7.77. The molecule has 0 radical (unpaired) electrons. The van der Waals surface area contributed by atoms with E-state index in [1.807, 2.05) is 24.3 Å². The van der Waals surface area contributed by atoms with E-state index in [-0.39, 0.29) is 11.8 Å². The average Bonchev–Trinajstić information content (AvgIpc) is 2.93. The summed E-state index contributed by atoms with van der Waals surface area (Å²) in [5.41, 5.74) is 0.918. The van der Waals surface area contributed by atoms with Crippen molar-refractivity contribution in [3.63, 3.8) is 0 Å². The topological polar surface area (TPSA) is 60.7 Å². The fourth-order valence-electron chi connectivity index (χ4n) is 2.17. The Balaban J connectivity index is 2.18. The molecule has 1 aromatic heterocycles. The van der Waals surface area contributed by atoms with E-state index in [0.717, 1.165) is 29.3 Å². The molecule has 6 heteroatoms. The minimum Gasteiger partial charge on any atom is -0.300 e. The first kappa shape index (κ1) is 15.8. The number of aromatic nitrogens is 4. The van der Waals surface area contributed by atoms with E-state index >= 15 is 0 Å². The number of halogens is 1. The van der Waals surface area contributed by atoms with Gasteiger partial charge in [-0.05, 0) is 42.8 Å². The zero-order chi connectivity index (χ0) is 15.2. The number of ketones is 1. The molecule has 21 heavy (non-hydrogen) atoms. The van der Waals surface area contributed by atoms with Crippen LogP contribution >= 0.6 is 15.9 Å². The Morgan fingerprint density at radius 1 is 1.33 bits per heavy atom. The standard InChI is InChI=1S/C15H19BrN4O/c1-3-4-5-14(10-11(2)21)20-18-15(17-19-20)12-6-8-13(16)9-7-12/h6-9,14H,3-5,10H2,1-2H3/t14-/m0/s1. The van der Waals surface area contributed by atoms with Crippen molar-refractivity contribution >= 4 is 21.7 Å². The van der Waals surface area contributed by atoms with Gasteiger partial charge in [0.1, 0.15) is 5.78 Å². The maximum atomic E-state index is 11.4. The van der Waals surface area contributed by atoms with E-state index in [1.165, 1.54) is 0 Å². The predicted octanol–water partition coefficient (Wildman–Crippen LogP) is 3.81. The summed E-state index contributed by atoms with van der Waals surface area (Å²) in [4.78, 5) is 13.0. The third kappa shape index (κ3) is 4.46. The van der Waals surface area contributed by atoms with Gasteiger partial charge in [-0.25, -0.2) is 0 Å². The second-order valence-electron chi connectivity index (χ2n) is 5.14. The van der Waals surface area contributed by atoms with Crippen molar-refractivity contribution in [2.75, 3.05) is 0 Å². The lowest BCUT2D eigenvalue weighted by molar-refractivity contribution is -0.117. The molecule has 1 aromatic carbocycles. The Bertz CT molecular complexity index is 594. The van der Waals surface area contributed by atoms with Crippen LogP contribution in [-0.4, -0.2) is 26.0 Å². The lowest BCUT2D eigenvalue weighted by Gasteiger charge is -2.12. The Hall–Kier alpha value is -1.56. The molecule has 1 heterocycles. The van der Waals surface area contributed by atoms with Gasteiger partial charge in [-0.3, -0.25) is 4.79 Å². The van der Waals surface area contributed by atoms with Crippen LogP contribution in [0.4, 0.5) is 0 Å². The van der Waals surface area contributed by atoms with Crippen LogP contribution in [0.5, 0.6) is 0 Å². The first-order valence-electron chi connectivity index (χ1n) is 7.15. The van der Waals surface area contributed by atoms with E-state index in [0.29, 0.717) is 12.2 Å². The first-order chi connectivity index (χ1) is 10.1. The van der Waals surface area contributed by atoms with Crippen molar-refractivity contribution in [1.82, 2.24) is 20.2 Å². The molecule has 0 N–H and O–H groups in total. The molecular formula is C15H19BrN4O. The van der Waals surface area contributed by atoms with E-state index in [9.17, 15) is 4.79 Å². The van der Waals surface area contributed by atoms with Gasteiger partial charge in [0, 0.05) is 16.5 Å². The van der Waals surface area contributed by atoms with E-state index in [2.05, 4.69) is 38.3 Å². The molecule has 2 aromatic rings. The van der Waals surface area contributed by atoms with Crippen LogP contribution in [0.3, 0.4) is 0 Å². The van der Waals surface area contributed by atoms with Crippen LogP contribution in [0.15, 0.2) is 28.7 Å². The molecule has 2 rings (SSSR count). The van der Waals surface area contributed by atoms with Crippen LogP contribution in [0.1, 0.15) is 45.6 Å². The Kier molecular flexibility index (Phi) is 5.61. The Labute approximate surface area is 132 Å². The number of nitrogens with zero attached hydrogens (tertiary/aromatic N) is 4. The Morgan fingerprint density at radius 2 is 2.05 bits per heavy atom. The lowest BCUT2D eigenvalue weighted by Crippen LogP contribution is -2.15. The normalized spacial score (nSPS) is 12.3. The zero-order valence-corrected chi connectivity index (χ0v) is 13.9. The summed E-state index contributed by atoms with van der Waals surface area (Å²) in [6.07, 6.45) is 3.48. The SMILES string of the molecule is CCCC[C@@H](CC(C)=O)n1nnc(-c2ccc(Br)cc2)n1. The number of benzene rings is 1. The van der Waals surface area contributed by atoms with Gasteiger partial charge in [-0.2, -0.15) is 4.80 Å². The molecule has 0 saturated heterocycles. The van der Waals surface area contributed by atoms with Crippen LogP contribution in [0.25, 0.3) is 11.4 Å². The molecule has 1 atom stereocenters. The molecule has 0 fully saturated rings. The number of Topliss-reactive ketones (excluding diaryl/α,β-unsaturated/α-hetero) is 1. The van der Waals surface area contributed by atoms with E-state index < -0.39 is 0 Å². The quantitative estimate of drug-likeness (QED) is 0.761. The summed E-state index contributed by atoms with van der Waals surface area (Å²) in [5.74, 6) is 0.742. The second-order valence-corrected chi connectivity index (χ2v) is 6.06. The molecule has 0 aliphatic heterocycles. The van der Waals surface area contributed by atoms with Gasteiger partial charge in [0.2, 0.25) is 5.82 Å². The molecule has 0 aliphatic carbocycles. The van der Waals surface area contributed by atoms with Gasteiger partial charge in [0.05, 0.1) is 6.04 Å². The number of carbonyl (C=O) groups is 1. The summed E-state index contributed by atoms with van der Waals surface area (Å²) in [5, 5.41) is 12.7. The highest BCUT2D eigenvalue weighted by molar-refractivity contribution is 9.10. The van der Waals surface area contributed by atoms with Crippen LogP contribution in [0.2, 0.25) is 0 Å². The van der Waals surface area contributed by atoms with E-state index in [1.54, 1.807) is 11.7 Å². The van der Waals surface area contributed by atoms with Crippen LogP contribution < -0.4 is 0 Å². The third-order valence-electron chi connectivity index (χ3n) is 3.27. The van der Waals surface area contributed by atoms with Gasteiger partial charge in [-0.1, -0.05) is 35.7 Å². The van der Waals surface area contributed by atoms with Gasteiger partial charge in [0.15, 0.2) is 0 Å². The van der Waals surface area contributed by atoms with Gasteiger partial charge < -0.3 is 0 Å². The fraction of sp³-hybridized carbons (Fsp3) is 0.467. The number of unbranched alkanes of at least 4 members (excludes halogenated alkanes) is 1. The smallest absolute Gasteiger partial charge is 0.204 e. The van der Waals surface area contributed by atoms with Gasteiger partial charge in [0.25, 0.3) is 0 Å². The van der Waals surface area contributed by atoms with Crippen molar-refractivity contribution in [3.05, 3.63) is 28.7 Å². The summed E-state index contributed by atoms with van der Waals surface area (Å²) in [7, 11) is 0. The maximum absolute atomic E-state index is 11.4. The van der Waals surface area contributed by atoms with Crippen molar-refractivity contribution in [3.8, 4) is 11.4 Å². The molecule has 0 spiro atoms. The summed E-state index contributed by atoms with van der Waals surface area (Å²) < 4.78 is 1.01. The molecule has 0 bridgehead atoms. The number of carbonyl (C=O) groups excluding carboxylic acids is 1. The Morgan fingerprint density at radius 3 is 2.67 bits per heavy atom. The minimum atomic E-state index is -0.000789.